The Morgan fingerprint density at radius 1 is 1.19 bits per heavy atom. The summed E-state index contributed by atoms with van der Waals surface area (Å²) in [4.78, 5) is 8.92. The van der Waals surface area contributed by atoms with Gasteiger partial charge in [-0.05, 0) is 44.4 Å². The van der Waals surface area contributed by atoms with Crippen LogP contribution in [0.3, 0.4) is 0 Å². The lowest BCUT2D eigenvalue weighted by molar-refractivity contribution is 0.0423. The zero-order chi connectivity index (χ0) is 18.7. The van der Waals surface area contributed by atoms with Crippen LogP contribution in [-0.4, -0.2) is 62.8 Å². The summed E-state index contributed by atoms with van der Waals surface area (Å²) in [7, 11) is 0. The first kappa shape index (κ1) is 18.4. The molecule has 0 bridgehead atoms. The van der Waals surface area contributed by atoms with Crippen molar-refractivity contribution < 1.29 is 5.11 Å². The number of pyridine rings is 1. The van der Waals surface area contributed by atoms with Crippen LogP contribution in [-0.2, 0) is 6.54 Å². The van der Waals surface area contributed by atoms with E-state index in [0.717, 1.165) is 64.1 Å². The number of rotatable bonds is 5. The number of nitrogens with zero attached hydrogens (tertiary/aromatic N) is 6. The summed E-state index contributed by atoms with van der Waals surface area (Å²) in [6.45, 7) is 7.33. The van der Waals surface area contributed by atoms with Crippen LogP contribution in [0.4, 0.5) is 5.69 Å². The van der Waals surface area contributed by atoms with Crippen LogP contribution in [0.1, 0.15) is 44.3 Å². The van der Waals surface area contributed by atoms with Crippen LogP contribution in [0.15, 0.2) is 30.7 Å². The van der Waals surface area contributed by atoms with Gasteiger partial charge in [0, 0.05) is 56.3 Å². The molecule has 1 atom stereocenters. The van der Waals surface area contributed by atoms with Crippen molar-refractivity contribution in [3.05, 3.63) is 36.4 Å². The molecule has 2 aromatic heterocycles. The third kappa shape index (κ3) is 4.30. The molecule has 0 radical (unpaired) electrons. The van der Waals surface area contributed by atoms with E-state index in [2.05, 4.69) is 55.0 Å². The number of anilines is 1. The lowest BCUT2D eigenvalue weighted by Crippen LogP contribution is -2.43. The molecule has 1 unspecified atom stereocenters. The molecule has 2 aliphatic heterocycles. The van der Waals surface area contributed by atoms with Crippen molar-refractivity contribution in [1.82, 2.24) is 24.9 Å². The van der Waals surface area contributed by atoms with E-state index < -0.39 is 0 Å². The van der Waals surface area contributed by atoms with Gasteiger partial charge in [-0.1, -0.05) is 12.1 Å². The van der Waals surface area contributed by atoms with Gasteiger partial charge in [0.2, 0.25) is 0 Å². The Labute approximate surface area is 161 Å². The maximum absolute atomic E-state index is 9.65. The van der Waals surface area contributed by atoms with Crippen LogP contribution in [0, 0.1) is 5.41 Å². The fourth-order valence-electron chi connectivity index (χ4n) is 4.43. The molecule has 7 heteroatoms. The number of hydrogen-bond acceptors (Lipinski definition) is 6. The van der Waals surface area contributed by atoms with Gasteiger partial charge in [0.15, 0.2) is 0 Å². The Balaban J connectivity index is 1.32. The molecule has 4 rings (SSSR count). The molecule has 4 heterocycles. The monoisotopic (exact) mass is 370 g/mol. The van der Waals surface area contributed by atoms with Gasteiger partial charge in [-0.2, -0.15) is 0 Å². The molecule has 27 heavy (non-hydrogen) atoms. The molecule has 7 nitrogen and oxygen atoms in total. The van der Waals surface area contributed by atoms with Gasteiger partial charge in [-0.3, -0.25) is 9.88 Å². The lowest BCUT2D eigenvalue weighted by Gasteiger charge is -2.39. The molecule has 2 fully saturated rings. The minimum Gasteiger partial charge on any atom is -0.396 e. The molecule has 0 spiro atoms. The molecule has 0 aliphatic carbocycles. The van der Waals surface area contributed by atoms with Crippen molar-refractivity contribution in [1.29, 1.82) is 0 Å². The van der Waals surface area contributed by atoms with Crippen molar-refractivity contribution in [2.24, 2.45) is 5.41 Å². The molecule has 0 saturated carbocycles. The molecule has 0 amide bonds. The topological polar surface area (TPSA) is 70.3 Å². The van der Waals surface area contributed by atoms with E-state index in [0.29, 0.717) is 6.04 Å². The summed E-state index contributed by atoms with van der Waals surface area (Å²) in [5.41, 5.74) is 2.31. The van der Waals surface area contributed by atoms with Crippen molar-refractivity contribution >= 4 is 5.69 Å². The fraction of sp³-hybridized carbons (Fsp3) is 0.650. The first-order valence-electron chi connectivity index (χ1n) is 10.0. The highest BCUT2D eigenvalue weighted by Crippen LogP contribution is 2.30. The van der Waals surface area contributed by atoms with Gasteiger partial charge in [0.25, 0.3) is 0 Å². The summed E-state index contributed by atoms with van der Waals surface area (Å²) in [6.07, 6.45) is 10.2. The van der Waals surface area contributed by atoms with E-state index >= 15 is 0 Å². The molecule has 2 saturated heterocycles. The highest BCUT2D eigenvalue weighted by atomic mass is 16.3. The highest BCUT2D eigenvalue weighted by molar-refractivity contribution is 5.44. The minimum absolute atomic E-state index is 0.0219. The van der Waals surface area contributed by atoms with Crippen LogP contribution in [0.5, 0.6) is 0 Å². The van der Waals surface area contributed by atoms with Gasteiger partial charge in [0.1, 0.15) is 0 Å². The molecule has 0 aromatic carbocycles. The molecular weight excluding hydrogens is 340 g/mol. The Hall–Kier alpha value is -1.99. The maximum atomic E-state index is 9.65. The number of aliphatic hydroxyl groups excluding tert-OH is 1. The highest BCUT2D eigenvalue weighted by Gasteiger charge is 2.30. The van der Waals surface area contributed by atoms with Gasteiger partial charge in [-0.15, -0.1) is 5.10 Å². The number of aliphatic hydroxyl groups is 1. The smallest absolute Gasteiger partial charge is 0.0967 e. The molecular formula is C20H30N6O. The normalized spacial score (nSPS) is 25.0. The SMILES string of the molecule is CC1(CO)CCCN(Cc2cn(C3CCN(c4ccncc4)CC3)nn2)C1. The Morgan fingerprint density at radius 3 is 2.70 bits per heavy atom. The van der Waals surface area contributed by atoms with Gasteiger partial charge < -0.3 is 10.0 Å². The van der Waals surface area contributed by atoms with Crippen molar-refractivity contribution in [3.63, 3.8) is 0 Å². The maximum Gasteiger partial charge on any atom is 0.0967 e. The lowest BCUT2D eigenvalue weighted by atomic mass is 9.83. The van der Waals surface area contributed by atoms with Gasteiger partial charge in [-0.25, -0.2) is 4.68 Å². The van der Waals surface area contributed by atoms with Crippen molar-refractivity contribution in [2.45, 2.75) is 45.2 Å². The number of aromatic nitrogens is 4. The fourth-order valence-corrected chi connectivity index (χ4v) is 4.43. The summed E-state index contributed by atoms with van der Waals surface area (Å²) in [5.74, 6) is 0. The minimum atomic E-state index is 0.0219. The Bertz CT molecular complexity index is 727. The van der Waals surface area contributed by atoms with E-state index in [9.17, 15) is 5.11 Å². The van der Waals surface area contributed by atoms with Crippen LogP contribution in [0.25, 0.3) is 0 Å². The zero-order valence-corrected chi connectivity index (χ0v) is 16.2. The summed E-state index contributed by atoms with van der Waals surface area (Å²) in [6, 6.07) is 4.58. The quantitative estimate of drug-likeness (QED) is 0.869. The predicted molar refractivity (Wildman–Crippen MR) is 104 cm³/mol. The number of hydrogen-bond donors (Lipinski definition) is 1. The van der Waals surface area contributed by atoms with Gasteiger partial charge in [0.05, 0.1) is 17.9 Å². The summed E-state index contributed by atoms with van der Waals surface area (Å²) < 4.78 is 2.06. The average Bonchev–Trinajstić information content (AvgIpc) is 3.17. The summed E-state index contributed by atoms with van der Waals surface area (Å²) >= 11 is 0. The number of likely N-dealkylation sites (tertiary alicyclic amines) is 1. The average molecular weight is 371 g/mol. The molecule has 1 N–H and O–H groups in total. The van der Waals surface area contributed by atoms with E-state index in [4.69, 9.17) is 0 Å². The first-order valence-corrected chi connectivity index (χ1v) is 10.0. The second-order valence-electron chi connectivity index (χ2n) is 8.40. The van der Waals surface area contributed by atoms with E-state index in [-0.39, 0.29) is 12.0 Å². The second kappa shape index (κ2) is 7.94. The van der Waals surface area contributed by atoms with Crippen molar-refractivity contribution in [3.8, 4) is 0 Å². The van der Waals surface area contributed by atoms with Crippen molar-refractivity contribution in [2.75, 3.05) is 37.7 Å². The van der Waals surface area contributed by atoms with Crippen LogP contribution in [0.2, 0.25) is 0 Å². The Kier molecular flexibility index (Phi) is 5.41. The van der Waals surface area contributed by atoms with E-state index in [1.807, 2.05) is 12.4 Å². The third-order valence-corrected chi connectivity index (χ3v) is 6.05. The van der Waals surface area contributed by atoms with Gasteiger partial charge >= 0.3 is 0 Å². The second-order valence-corrected chi connectivity index (χ2v) is 8.40. The van der Waals surface area contributed by atoms with Crippen LogP contribution < -0.4 is 4.90 Å². The molecule has 2 aliphatic rings. The van der Waals surface area contributed by atoms with Crippen LogP contribution >= 0.6 is 0 Å². The number of piperidine rings is 2. The zero-order valence-electron chi connectivity index (χ0n) is 16.2. The third-order valence-electron chi connectivity index (χ3n) is 6.05. The molecule has 146 valence electrons. The predicted octanol–water partition coefficient (Wildman–Crippen LogP) is 2.11. The van der Waals surface area contributed by atoms with E-state index in [1.165, 1.54) is 5.69 Å². The largest absolute Gasteiger partial charge is 0.396 e. The Morgan fingerprint density at radius 2 is 1.96 bits per heavy atom. The first-order chi connectivity index (χ1) is 13.1. The van der Waals surface area contributed by atoms with E-state index in [1.54, 1.807) is 0 Å². The molecule has 2 aromatic rings. The standard InChI is InChI=1S/C20H30N6O/c1-20(16-27)7-2-10-24(15-20)13-17-14-26(23-22-17)19-5-11-25(12-6-19)18-3-8-21-9-4-18/h3-4,8-9,14,19,27H,2,5-7,10-13,15-16H2,1H3. The summed E-state index contributed by atoms with van der Waals surface area (Å²) in [5, 5.41) is 18.5.